The first-order valence-corrected chi connectivity index (χ1v) is 7.67. The number of nitrogens with one attached hydrogen (secondary N) is 1. The Morgan fingerprint density at radius 3 is 2.65 bits per heavy atom. The molecule has 0 bridgehead atoms. The Labute approximate surface area is 122 Å². The van der Waals surface area contributed by atoms with Gasteiger partial charge >= 0.3 is 0 Å². The molecule has 0 radical (unpaired) electrons. The van der Waals surface area contributed by atoms with E-state index >= 15 is 0 Å². The van der Waals surface area contributed by atoms with Crippen molar-refractivity contribution in [3.63, 3.8) is 0 Å². The van der Waals surface area contributed by atoms with Gasteiger partial charge in [0.25, 0.3) is 0 Å². The summed E-state index contributed by atoms with van der Waals surface area (Å²) in [5.74, 6) is 0.647. The average Bonchev–Trinajstić information content (AvgIpc) is 2.97. The summed E-state index contributed by atoms with van der Waals surface area (Å²) < 4.78 is 0. The molecule has 2 heterocycles. The van der Waals surface area contributed by atoms with Gasteiger partial charge in [-0.25, -0.2) is 4.98 Å². The van der Waals surface area contributed by atoms with E-state index in [1.54, 1.807) is 0 Å². The van der Waals surface area contributed by atoms with Crippen LogP contribution in [0.25, 0.3) is 0 Å². The maximum atomic E-state index is 6.15. The molecule has 1 saturated heterocycles. The third-order valence-corrected chi connectivity index (χ3v) is 4.85. The van der Waals surface area contributed by atoms with Crippen molar-refractivity contribution in [2.75, 3.05) is 25.9 Å². The van der Waals surface area contributed by atoms with Crippen LogP contribution in [-0.2, 0) is 0 Å². The van der Waals surface area contributed by atoms with Gasteiger partial charge in [0.1, 0.15) is 5.82 Å². The molecule has 4 heteroatoms. The molecule has 1 aliphatic rings. The summed E-state index contributed by atoms with van der Waals surface area (Å²) in [5, 5.41) is 3.49. The van der Waals surface area contributed by atoms with Crippen LogP contribution in [-0.4, -0.2) is 35.6 Å². The summed E-state index contributed by atoms with van der Waals surface area (Å²) in [6, 6.07) is 2.38. The fourth-order valence-corrected chi connectivity index (χ4v) is 3.47. The van der Waals surface area contributed by atoms with Gasteiger partial charge in [0.2, 0.25) is 0 Å². The lowest BCUT2D eigenvalue weighted by atomic mass is 9.83. The van der Waals surface area contributed by atoms with Crippen LogP contribution in [0.3, 0.4) is 0 Å². The lowest BCUT2D eigenvalue weighted by Gasteiger charge is -2.45. The number of nitrogen functional groups attached to an aromatic ring is 1. The zero-order valence-corrected chi connectivity index (χ0v) is 13.2. The number of anilines is 1. The maximum absolute atomic E-state index is 6.15. The van der Waals surface area contributed by atoms with Gasteiger partial charge in [-0.1, -0.05) is 6.92 Å². The SMILES string of the molecule is CCC(C)(C(NC)c1cc(C)cnc1N)N1CCCC1. The zero-order chi connectivity index (χ0) is 14.8. The minimum atomic E-state index is 0.0782. The van der Waals surface area contributed by atoms with Crippen molar-refractivity contribution in [2.45, 2.75) is 51.6 Å². The van der Waals surface area contributed by atoms with E-state index in [2.05, 4.69) is 42.0 Å². The molecule has 0 spiro atoms. The topological polar surface area (TPSA) is 54.2 Å². The van der Waals surface area contributed by atoms with Crippen LogP contribution in [0.15, 0.2) is 12.3 Å². The molecule has 1 fully saturated rings. The third-order valence-electron chi connectivity index (χ3n) is 4.85. The summed E-state index contributed by atoms with van der Waals surface area (Å²) in [7, 11) is 2.02. The quantitative estimate of drug-likeness (QED) is 0.867. The molecular weight excluding hydrogens is 248 g/mol. The van der Waals surface area contributed by atoms with E-state index in [1.807, 2.05) is 13.2 Å². The molecule has 2 rings (SSSR count). The number of hydrogen-bond donors (Lipinski definition) is 2. The number of nitrogens with zero attached hydrogens (tertiary/aromatic N) is 2. The number of aryl methyl sites for hydroxylation is 1. The van der Waals surface area contributed by atoms with Crippen molar-refractivity contribution >= 4 is 5.82 Å². The summed E-state index contributed by atoms with van der Waals surface area (Å²) in [4.78, 5) is 6.95. The van der Waals surface area contributed by atoms with Crippen molar-refractivity contribution in [3.8, 4) is 0 Å². The number of aromatic nitrogens is 1. The molecule has 2 atom stereocenters. The molecule has 0 aromatic carbocycles. The highest BCUT2D eigenvalue weighted by atomic mass is 15.2. The smallest absolute Gasteiger partial charge is 0.128 e. The Morgan fingerprint density at radius 2 is 2.10 bits per heavy atom. The second-order valence-corrected chi connectivity index (χ2v) is 6.11. The molecule has 0 aliphatic carbocycles. The van der Waals surface area contributed by atoms with Crippen LogP contribution in [0.1, 0.15) is 50.3 Å². The maximum Gasteiger partial charge on any atom is 0.128 e. The number of pyridine rings is 1. The highest BCUT2D eigenvalue weighted by molar-refractivity contribution is 5.44. The number of hydrogen-bond acceptors (Lipinski definition) is 4. The Bertz CT molecular complexity index is 454. The van der Waals surface area contributed by atoms with E-state index in [-0.39, 0.29) is 11.6 Å². The predicted octanol–water partition coefficient (Wildman–Crippen LogP) is 2.50. The molecule has 2 unspecified atom stereocenters. The van der Waals surface area contributed by atoms with Crippen molar-refractivity contribution in [1.82, 2.24) is 15.2 Å². The molecule has 3 N–H and O–H groups in total. The van der Waals surface area contributed by atoms with Gasteiger partial charge in [0.15, 0.2) is 0 Å². The normalized spacial score (nSPS) is 20.8. The molecule has 1 aliphatic heterocycles. The van der Waals surface area contributed by atoms with Crippen LogP contribution in [0, 0.1) is 6.92 Å². The average molecular weight is 276 g/mol. The second kappa shape index (κ2) is 6.10. The van der Waals surface area contributed by atoms with Gasteiger partial charge in [-0.2, -0.15) is 0 Å². The molecule has 0 amide bonds. The van der Waals surface area contributed by atoms with E-state index in [0.29, 0.717) is 5.82 Å². The van der Waals surface area contributed by atoms with Gasteiger partial charge in [-0.15, -0.1) is 0 Å². The predicted molar refractivity (Wildman–Crippen MR) is 84.7 cm³/mol. The summed E-state index contributed by atoms with van der Waals surface area (Å²) in [5.41, 5.74) is 8.51. The van der Waals surface area contributed by atoms with Crippen LogP contribution in [0.5, 0.6) is 0 Å². The van der Waals surface area contributed by atoms with E-state index in [0.717, 1.165) is 17.5 Å². The third kappa shape index (κ3) is 2.67. The van der Waals surface area contributed by atoms with E-state index in [1.165, 1.54) is 25.9 Å². The fourth-order valence-electron chi connectivity index (χ4n) is 3.47. The van der Waals surface area contributed by atoms with Crippen LogP contribution in [0.2, 0.25) is 0 Å². The number of rotatable bonds is 5. The minimum absolute atomic E-state index is 0.0782. The van der Waals surface area contributed by atoms with Crippen molar-refractivity contribution in [3.05, 3.63) is 23.4 Å². The Morgan fingerprint density at radius 1 is 1.45 bits per heavy atom. The number of likely N-dealkylation sites (tertiary alicyclic amines) is 1. The standard InChI is InChI=1S/C16H28N4/c1-5-16(3,20-8-6-7-9-20)14(18-4)13-10-12(2)11-19-15(13)17/h10-11,14,18H,5-9H2,1-4H3,(H2,17,19). The van der Waals surface area contributed by atoms with Gasteiger partial charge in [-0.3, -0.25) is 4.90 Å². The van der Waals surface area contributed by atoms with E-state index < -0.39 is 0 Å². The highest BCUT2D eigenvalue weighted by Gasteiger charge is 2.40. The van der Waals surface area contributed by atoms with Crippen molar-refractivity contribution < 1.29 is 0 Å². The van der Waals surface area contributed by atoms with E-state index in [4.69, 9.17) is 5.73 Å². The Kier molecular flexibility index (Phi) is 4.66. The fraction of sp³-hybridized carbons (Fsp3) is 0.688. The largest absolute Gasteiger partial charge is 0.383 e. The first kappa shape index (κ1) is 15.3. The lowest BCUT2D eigenvalue weighted by Crippen LogP contribution is -2.52. The van der Waals surface area contributed by atoms with Gasteiger partial charge in [0.05, 0.1) is 6.04 Å². The summed E-state index contributed by atoms with van der Waals surface area (Å²) in [6.45, 7) is 9.05. The van der Waals surface area contributed by atoms with Gasteiger partial charge in [-0.05, 0) is 64.9 Å². The number of likely N-dealkylation sites (N-methyl/N-ethyl adjacent to an activating group) is 1. The first-order chi connectivity index (χ1) is 9.52. The molecule has 1 aromatic rings. The highest BCUT2D eigenvalue weighted by Crippen LogP contribution is 2.38. The van der Waals surface area contributed by atoms with Crippen LogP contribution < -0.4 is 11.1 Å². The Hall–Kier alpha value is -1.13. The molecule has 0 saturated carbocycles. The summed E-state index contributed by atoms with van der Waals surface area (Å²) >= 11 is 0. The van der Waals surface area contributed by atoms with Crippen LogP contribution in [0.4, 0.5) is 5.82 Å². The minimum Gasteiger partial charge on any atom is -0.383 e. The van der Waals surface area contributed by atoms with Crippen molar-refractivity contribution in [1.29, 1.82) is 0 Å². The molecule has 4 nitrogen and oxygen atoms in total. The van der Waals surface area contributed by atoms with E-state index in [9.17, 15) is 0 Å². The monoisotopic (exact) mass is 276 g/mol. The molecule has 20 heavy (non-hydrogen) atoms. The van der Waals surface area contributed by atoms with Crippen molar-refractivity contribution in [2.24, 2.45) is 0 Å². The first-order valence-electron chi connectivity index (χ1n) is 7.67. The number of nitrogens with two attached hydrogens (primary N) is 1. The van der Waals surface area contributed by atoms with Crippen LogP contribution >= 0.6 is 0 Å². The molecular formula is C16H28N4. The zero-order valence-electron chi connectivity index (χ0n) is 13.2. The van der Waals surface area contributed by atoms with Gasteiger partial charge < -0.3 is 11.1 Å². The molecule has 112 valence electrons. The second-order valence-electron chi connectivity index (χ2n) is 6.11. The lowest BCUT2D eigenvalue weighted by molar-refractivity contribution is 0.0874. The molecule has 1 aromatic heterocycles. The summed E-state index contributed by atoms with van der Waals surface area (Å²) in [6.07, 6.45) is 5.53. The Balaban J connectivity index is 2.40. The van der Waals surface area contributed by atoms with Gasteiger partial charge in [0, 0.05) is 17.3 Å².